The molecule has 3 heteroatoms. The molecule has 0 aromatic heterocycles. The molecule has 16 heavy (non-hydrogen) atoms. The van der Waals surface area contributed by atoms with Crippen LogP contribution in [0.3, 0.4) is 0 Å². The normalized spacial score (nSPS) is 34.3. The lowest BCUT2D eigenvalue weighted by Crippen LogP contribution is -2.64. The van der Waals surface area contributed by atoms with Crippen LogP contribution in [0.1, 0.15) is 27.7 Å². The Labute approximate surface area is 99.7 Å². The van der Waals surface area contributed by atoms with Crippen molar-refractivity contribution in [3.63, 3.8) is 0 Å². The molecule has 0 aromatic rings. The molecule has 0 saturated carbocycles. The molecule has 0 N–H and O–H groups in total. The van der Waals surface area contributed by atoms with Crippen LogP contribution in [0.15, 0.2) is 0 Å². The fourth-order valence-electron chi connectivity index (χ4n) is 2.81. The van der Waals surface area contributed by atoms with Gasteiger partial charge in [-0.2, -0.15) is 0 Å². The van der Waals surface area contributed by atoms with Crippen molar-refractivity contribution in [2.45, 2.75) is 45.4 Å². The molecule has 2 fully saturated rings. The van der Waals surface area contributed by atoms with E-state index >= 15 is 0 Å². The SMILES string of the molecule is CO[C@H]1CN(C2CN(C(C)(C)C)C2)C[C@H]1C. The molecule has 2 atom stereocenters. The third-order valence-electron chi connectivity index (χ3n) is 4.20. The second-order valence-electron chi connectivity index (χ2n) is 6.43. The van der Waals surface area contributed by atoms with E-state index in [0.717, 1.165) is 12.6 Å². The van der Waals surface area contributed by atoms with Crippen molar-refractivity contribution in [2.24, 2.45) is 5.92 Å². The fourth-order valence-corrected chi connectivity index (χ4v) is 2.81. The van der Waals surface area contributed by atoms with E-state index in [2.05, 4.69) is 37.5 Å². The number of hydrogen-bond acceptors (Lipinski definition) is 3. The average Bonchev–Trinajstić information content (AvgIpc) is 2.41. The zero-order valence-electron chi connectivity index (χ0n) is 11.4. The fraction of sp³-hybridized carbons (Fsp3) is 1.00. The summed E-state index contributed by atoms with van der Waals surface area (Å²) in [4.78, 5) is 5.17. The number of likely N-dealkylation sites (tertiary alicyclic amines) is 2. The first-order valence-corrected chi connectivity index (χ1v) is 6.43. The molecule has 94 valence electrons. The summed E-state index contributed by atoms with van der Waals surface area (Å²) in [6.45, 7) is 14.0. The van der Waals surface area contributed by atoms with Gasteiger partial charge < -0.3 is 4.74 Å². The Morgan fingerprint density at radius 1 is 1.06 bits per heavy atom. The van der Waals surface area contributed by atoms with E-state index in [1.165, 1.54) is 19.6 Å². The molecule has 2 rings (SSSR count). The van der Waals surface area contributed by atoms with E-state index < -0.39 is 0 Å². The molecule has 0 bridgehead atoms. The highest BCUT2D eigenvalue weighted by Crippen LogP contribution is 2.28. The topological polar surface area (TPSA) is 15.7 Å². The maximum absolute atomic E-state index is 5.51. The molecule has 0 spiro atoms. The Balaban J connectivity index is 1.81. The van der Waals surface area contributed by atoms with E-state index in [1.807, 2.05) is 7.11 Å². The Bertz CT molecular complexity index is 243. The first-order chi connectivity index (χ1) is 7.41. The van der Waals surface area contributed by atoms with Crippen LogP contribution in [0.4, 0.5) is 0 Å². The number of rotatable bonds is 2. The van der Waals surface area contributed by atoms with Gasteiger partial charge in [0.2, 0.25) is 0 Å². The van der Waals surface area contributed by atoms with Gasteiger partial charge in [-0.25, -0.2) is 0 Å². The molecule has 2 aliphatic heterocycles. The smallest absolute Gasteiger partial charge is 0.0735 e. The minimum atomic E-state index is 0.336. The quantitative estimate of drug-likeness (QED) is 0.708. The monoisotopic (exact) mass is 226 g/mol. The van der Waals surface area contributed by atoms with Crippen molar-refractivity contribution in [3.05, 3.63) is 0 Å². The molecule has 2 saturated heterocycles. The van der Waals surface area contributed by atoms with E-state index in [9.17, 15) is 0 Å². The van der Waals surface area contributed by atoms with E-state index in [-0.39, 0.29) is 0 Å². The van der Waals surface area contributed by atoms with Crippen molar-refractivity contribution in [2.75, 3.05) is 33.3 Å². The zero-order valence-corrected chi connectivity index (χ0v) is 11.4. The highest BCUT2D eigenvalue weighted by Gasteiger charge is 2.41. The van der Waals surface area contributed by atoms with Crippen molar-refractivity contribution in [1.82, 2.24) is 9.80 Å². The van der Waals surface area contributed by atoms with Crippen molar-refractivity contribution in [1.29, 1.82) is 0 Å². The number of ether oxygens (including phenoxy) is 1. The summed E-state index contributed by atoms with van der Waals surface area (Å²) in [5.41, 5.74) is 0.336. The second-order valence-corrected chi connectivity index (χ2v) is 6.43. The molecule has 0 unspecified atom stereocenters. The van der Waals surface area contributed by atoms with Gasteiger partial charge >= 0.3 is 0 Å². The maximum Gasteiger partial charge on any atom is 0.0735 e. The van der Waals surface area contributed by atoms with Crippen LogP contribution < -0.4 is 0 Å². The lowest BCUT2D eigenvalue weighted by atomic mass is 9.97. The first kappa shape index (κ1) is 12.3. The molecule has 0 aliphatic carbocycles. The van der Waals surface area contributed by atoms with Crippen LogP contribution in [-0.2, 0) is 4.74 Å². The Morgan fingerprint density at radius 3 is 2.12 bits per heavy atom. The second kappa shape index (κ2) is 4.28. The Hall–Kier alpha value is -0.120. The van der Waals surface area contributed by atoms with Gasteiger partial charge in [-0.05, 0) is 26.7 Å². The lowest BCUT2D eigenvalue weighted by Gasteiger charge is -2.50. The minimum Gasteiger partial charge on any atom is -0.380 e. The summed E-state index contributed by atoms with van der Waals surface area (Å²) in [7, 11) is 1.84. The van der Waals surface area contributed by atoms with Crippen molar-refractivity contribution in [3.8, 4) is 0 Å². The average molecular weight is 226 g/mol. The molecule has 3 nitrogen and oxygen atoms in total. The Kier molecular flexibility index (Phi) is 3.30. The zero-order chi connectivity index (χ0) is 11.9. The molecule has 0 amide bonds. The van der Waals surface area contributed by atoms with Crippen LogP contribution >= 0.6 is 0 Å². The van der Waals surface area contributed by atoms with Gasteiger partial charge in [-0.1, -0.05) is 6.92 Å². The van der Waals surface area contributed by atoms with Gasteiger partial charge in [0.05, 0.1) is 6.10 Å². The van der Waals surface area contributed by atoms with Gasteiger partial charge in [-0.3, -0.25) is 9.80 Å². The molecule has 2 heterocycles. The minimum absolute atomic E-state index is 0.336. The summed E-state index contributed by atoms with van der Waals surface area (Å²) in [6, 6.07) is 0.766. The van der Waals surface area contributed by atoms with Crippen molar-refractivity contribution < 1.29 is 4.74 Å². The van der Waals surface area contributed by atoms with E-state index in [0.29, 0.717) is 17.6 Å². The lowest BCUT2D eigenvalue weighted by molar-refractivity contribution is -0.0190. The third kappa shape index (κ3) is 2.27. The van der Waals surface area contributed by atoms with Crippen LogP contribution in [0.25, 0.3) is 0 Å². The number of methoxy groups -OCH3 is 1. The van der Waals surface area contributed by atoms with Gasteiger partial charge in [0.25, 0.3) is 0 Å². The molecule has 0 radical (unpaired) electrons. The maximum atomic E-state index is 5.51. The Morgan fingerprint density at radius 2 is 1.69 bits per heavy atom. The van der Waals surface area contributed by atoms with E-state index in [1.54, 1.807) is 0 Å². The van der Waals surface area contributed by atoms with Gasteiger partial charge in [-0.15, -0.1) is 0 Å². The van der Waals surface area contributed by atoms with Gasteiger partial charge in [0, 0.05) is 44.9 Å². The molecular formula is C13H26N2O. The number of nitrogens with zero attached hydrogens (tertiary/aromatic N) is 2. The largest absolute Gasteiger partial charge is 0.380 e. The molecule has 0 aromatic carbocycles. The summed E-state index contributed by atoms with van der Waals surface area (Å²) < 4.78 is 5.51. The highest BCUT2D eigenvalue weighted by atomic mass is 16.5. The summed E-state index contributed by atoms with van der Waals surface area (Å²) >= 11 is 0. The standard InChI is InChI=1S/C13H26N2O/c1-10-6-14(9-12(10)16-5)11-7-15(8-11)13(2,3)4/h10-12H,6-9H2,1-5H3/t10-,12+/m1/s1. The summed E-state index contributed by atoms with van der Waals surface area (Å²) in [6.07, 6.45) is 0.448. The van der Waals surface area contributed by atoms with Crippen molar-refractivity contribution >= 4 is 0 Å². The predicted octanol–water partition coefficient (Wildman–Crippen LogP) is 1.44. The molecular weight excluding hydrogens is 200 g/mol. The van der Waals surface area contributed by atoms with Crippen LogP contribution in [0.2, 0.25) is 0 Å². The first-order valence-electron chi connectivity index (χ1n) is 6.43. The summed E-state index contributed by atoms with van der Waals surface area (Å²) in [5, 5.41) is 0. The predicted molar refractivity (Wildman–Crippen MR) is 66.6 cm³/mol. The van der Waals surface area contributed by atoms with Crippen LogP contribution in [0, 0.1) is 5.92 Å². The molecule has 2 aliphatic rings. The van der Waals surface area contributed by atoms with Gasteiger partial charge in [0.1, 0.15) is 0 Å². The van der Waals surface area contributed by atoms with Crippen LogP contribution in [0.5, 0.6) is 0 Å². The third-order valence-corrected chi connectivity index (χ3v) is 4.20. The highest BCUT2D eigenvalue weighted by molar-refractivity contribution is 4.97. The number of hydrogen-bond donors (Lipinski definition) is 0. The van der Waals surface area contributed by atoms with Gasteiger partial charge in [0.15, 0.2) is 0 Å². The van der Waals surface area contributed by atoms with E-state index in [4.69, 9.17) is 4.74 Å². The summed E-state index contributed by atoms with van der Waals surface area (Å²) in [5.74, 6) is 0.689. The van der Waals surface area contributed by atoms with Crippen LogP contribution in [-0.4, -0.2) is 60.8 Å².